The van der Waals surface area contributed by atoms with Crippen molar-refractivity contribution in [3.05, 3.63) is 35.4 Å². The first-order valence-corrected chi connectivity index (χ1v) is 7.15. The van der Waals surface area contributed by atoms with Crippen LogP contribution in [0.25, 0.3) is 0 Å². The second-order valence-corrected chi connectivity index (χ2v) is 5.19. The van der Waals surface area contributed by atoms with Crippen LogP contribution < -0.4 is 0 Å². The van der Waals surface area contributed by atoms with Crippen LogP contribution in [0.3, 0.4) is 0 Å². The Labute approximate surface area is 115 Å². The zero-order valence-corrected chi connectivity index (χ0v) is 11.9. The maximum Gasteiger partial charge on any atom is 0.323 e. The van der Waals surface area contributed by atoms with E-state index in [2.05, 4.69) is 30.0 Å². The standard InChI is InChI=1S/C16H23NO2/c1-3-4-7-10-17-12-14-9-6-5-8-13(14)11-15(17)16(18)19-2/h5-6,8-9,15H,3-4,7,10-12H2,1-2H3. The Morgan fingerprint density at radius 2 is 2.05 bits per heavy atom. The number of hydrogen-bond donors (Lipinski definition) is 0. The van der Waals surface area contributed by atoms with Gasteiger partial charge < -0.3 is 4.74 Å². The fourth-order valence-corrected chi connectivity index (χ4v) is 2.75. The number of ether oxygens (including phenoxy) is 1. The van der Waals surface area contributed by atoms with Crippen LogP contribution >= 0.6 is 0 Å². The SMILES string of the molecule is CCCCCN1Cc2ccccc2CC1C(=O)OC. The Morgan fingerprint density at radius 1 is 1.32 bits per heavy atom. The van der Waals surface area contributed by atoms with Gasteiger partial charge >= 0.3 is 5.97 Å². The number of methoxy groups -OCH3 is 1. The van der Waals surface area contributed by atoms with Gasteiger partial charge in [-0.25, -0.2) is 0 Å². The molecule has 0 aromatic heterocycles. The molecule has 1 aliphatic rings. The summed E-state index contributed by atoms with van der Waals surface area (Å²) in [7, 11) is 1.48. The Bertz CT molecular complexity index is 431. The molecule has 0 bridgehead atoms. The first-order chi connectivity index (χ1) is 9.26. The van der Waals surface area contributed by atoms with Crippen molar-refractivity contribution in [2.75, 3.05) is 13.7 Å². The van der Waals surface area contributed by atoms with E-state index in [0.717, 1.165) is 25.9 Å². The second-order valence-electron chi connectivity index (χ2n) is 5.19. The van der Waals surface area contributed by atoms with Crippen molar-refractivity contribution in [1.82, 2.24) is 4.90 Å². The van der Waals surface area contributed by atoms with Gasteiger partial charge in [-0.2, -0.15) is 0 Å². The molecule has 1 aromatic carbocycles. The Hall–Kier alpha value is -1.35. The third kappa shape index (κ3) is 3.35. The van der Waals surface area contributed by atoms with Crippen molar-refractivity contribution in [3.8, 4) is 0 Å². The van der Waals surface area contributed by atoms with Crippen molar-refractivity contribution in [3.63, 3.8) is 0 Å². The van der Waals surface area contributed by atoms with E-state index in [4.69, 9.17) is 4.74 Å². The van der Waals surface area contributed by atoms with Crippen LogP contribution in [0.4, 0.5) is 0 Å². The van der Waals surface area contributed by atoms with Crippen LogP contribution in [-0.2, 0) is 22.5 Å². The predicted octanol–water partition coefficient (Wildman–Crippen LogP) is 2.78. The first-order valence-electron chi connectivity index (χ1n) is 7.15. The van der Waals surface area contributed by atoms with Crippen molar-refractivity contribution >= 4 is 5.97 Å². The number of nitrogens with zero attached hydrogens (tertiary/aromatic N) is 1. The van der Waals surface area contributed by atoms with Gasteiger partial charge in [0.25, 0.3) is 0 Å². The largest absolute Gasteiger partial charge is 0.468 e. The molecule has 0 saturated carbocycles. The maximum absolute atomic E-state index is 12.0. The van der Waals surface area contributed by atoms with E-state index in [1.165, 1.54) is 31.1 Å². The van der Waals surface area contributed by atoms with Crippen molar-refractivity contribution in [2.24, 2.45) is 0 Å². The molecule has 19 heavy (non-hydrogen) atoms. The first kappa shape index (κ1) is 14.1. The van der Waals surface area contributed by atoms with Crippen molar-refractivity contribution in [2.45, 2.75) is 45.2 Å². The van der Waals surface area contributed by atoms with E-state index in [1.807, 2.05) is 6.07 Å². The van der Waals surface area contributed by atoms with E-state index in [0.29, 0.717) is 0 Å². The van der Waals surface area contributed by atoms with Gasteiger partial charge in [-0.05, 0) is 30.5 Å². The van der Waals surface area contributed by atoms with Crippen LogP contribution in [0.15, 0.2) is 24.3 Å². The number of carbonyl (C=O) groups excluding carboxylic acids is 1. The van der Waals surface area contributed by atoms with Gasteiger partial charge in [0.2, 0.25) is 0 Å². The van der Waals surface area contributed by atoms with Crippen LogP contribution in [0, 0.1) is 0 Å². The lowest BCUT2D eigenvalue weighted by Gasteiger charge is -2.35. The number of unbranched alkanes of at least 4 members (excludes halogenated alkanes) is 2. The lowest BCUT2D eigenvalue weighted by molar-refractivity contribution is -0.147. The minimum absolute atomic E-state index is 0.106. The number of fused-ring (bicyclic) bond motifs is 1. The predicted molar refractivity (Wildman–Crippen MR) is 75.9 cm³/mol. The summed E-state index contributed by atoms with van der Waals surface area (Å²) in [6.45, 7) is 4.03. The zero-order chi connectivity index (χ0) is 13.7. The maximum atomic E-state index is 12.0. The van der Waals surface area contributed by atoms with Crippen LogP contribution in [0.1, 0.15) is 37.3 Å². The summed E-state index contributed by atoms with van der Waals surface area (Å²) in [4.78, 5) is 14.2. The van der Waals surface area contributed by atoms with E-state index < -0.39 is 0 Å². The molecule has 1 aromatic rings. The molecular formula is C16H23NO2. The molecule has 3 nitrogen and oxygen atoms in total. The Kier molecular flexibility index (Phi) is 4.97. The highest BCUT2D eigenvalue weighted by Gasteiger charge is 2.31. The molecule has 1 aliphatic heterocycles. The van der Waals surface area contributed by atoms with Gasteiger partial charge in [0, 0.05) is 6.54 Å². The average Bonchev–Trinajstić information content (AvgIpc) is 2.46. The van der Waals surface area contributed by atoms with Gasteiger partial charge in [0.05, 0.1) is 7.11 Å². The van der Waals surface area contributed by atoms with Gasteiger partial charge in [0.15, 0.2) is 0 Å². The Morgan fingerprint density at radius 3 is 2.74 bits per heavy atom. The van der Waals surface area contributed by atoms with Crippen LogP contribution in [0.2, 0.25) is 0 Å². The van der Waals surface area contributed by atoms with Gasteiger partial charge in [0.1, 0.15) is 6.04 Å². The number of carbonyl (C=O) groups is 1. The third-order valence-electron chi connectivity index (χ3n) is 3.87. The summed E-state index contributed by atoms with van der Waals surface area (Å²) >= 11 is 0. The molecule has 0 saturated heterocycles. The van der Waals surface area contributed by atoms with Crippen LogP contribution in [-0.4, -0.2) is 30.6 Å². The van der Waals surface area contributed by atoms with E-state index in [9.17, 15) is 4.79 Å². The van der Waals surface area contributed by atoms with E-state index in [1.54, 1.807) is 0 Å². The topological polar surface area (TPSA) is 29.5 Å². The lowest BCUT2D eigenvalue weighted by atomic mass is 9.93. The van der Waals surface area contributed by atoms with E-state index >= 15 is 0 Å². The molecule has 2 rings (SSSR count). The number of esters is 1. The average molecular weight is 261 g/mol. The molecule has 104 valence electrons. The summed E-state index contributed by atoms with van der Waals surface area (Å²) in [5.41, 5.74) is 2.63. The zero-order valence-electron chi connectivity index (χ0n) is 11.9. The molecule has 0 radical (unpaired) electrons. The summed E-state index contributed by atoms with van der Waals surface area (Å²) in [5.74, 6) is -0.106. The van der Waals surface area contributed by atoms with E-state index in [-0.39, 0.29) is 12.0 Å². The molecule has 0 fully saturated rings. The molecule has 1 unspecified atom stereocenters. The molecule has 0 spiro atoms. The summed E-state index contributed by atoms with van der Waals surface area (Å²) in [6.07, 6.45) is 4.33. The number of rotatable bonds is 5. The normalized spacial score (nSPS) is 18.9. The molecule has 0 N–H and O–H groups in total. The summed E-state index contributed by atoms with van der Waals surface area (Å²) in [6, 6.07) is 8.28. The molecule has 1 atom stereocenters. The minimum Gasteiger partial charge on any atom is -0.468 e. The quantitative estimate of drug-likeness (QED) is 0.603. The van der Waals surface area contributed by atoms with Crippen molar-refractivity contribution in [1.29, 1.82) is 0 Å². The summed E-state index contributed by atoms with van der Waals surface area (Å²) < 4.78 is 4.96. The molecule has 1 heterocycles. The molecule has 3 heteroatoms. The highest BCUT2D eigenvalue weighted by atomic mass is 16.5. The third-order valence-corrected chi connectivity index (χ3v) is 3.87. The number of benzene rings is 1. The molecule has 0 amide bonds. The van der Waals surface area contributed by atoms with Gasteiger partial charge in [-0.15, -0.1) is 0 Å². The fraction of sp³-hybridized carbons (Fsp3) is 0.562. The molecule has 0 aliphatic carbocycles. The summed E-state index contributed by atoms with van der Waals surface area (Å²) in [5, 5.41) is 0. The second kappa shape index (κ2) is 6.71. The van der Waals surface area contributed by atoms with Crippen molar-refractivity contribution < 1.29 is 9.53 Å². The van der Waals surface area contributed by atoms with Gasteiger partial charge in [-0.3, -0.25) is 9.69 Å². The van der Waals surface area contributed by atoms with Crippen LogP contribution in [0.5, 0.6) is 0 Å². The minimum atomic E-state index is -0.114. The fourth-order valence-electron chi connectivity index (χ4n) is 2.75. The highest BCUT2D eigenvalue weighted by Crippen LogP contribution is 2.24. The highest BCUT2D eigenvalue weighted by molar-refractivity contribution is 5.76. The Balaban J connectivity index is 2.12. The lowest BCUT2D eigenvalue weighted by Crippen LogP contribution is -2.46. The number of hydrogen-bond acceptors (Lipinski definition) is 3. The van der Waals surface area contributed by atoms with Gasteiger partial charge in [-0.1, -0.05) is 44.0 Å². The molecular weight excluding hydrogens is 238 g/mol. The monoisotopic (exact) mass is 261 g/mol. The smallest absolute Gasteiger partial charge is 0.323 e.